The molecule has 1 aliphatic rings. The monoisotopic (exact) mass is 283 g/mol. The first-order chi connectivity index (χ1) is 9.41. The van der Waals surface area contributed by atoms with Crippen molar-refractivity contribution in [3.63, 3.8) is 0 Å². The van der Waals surface area contributed by atoms with Crippen LogP contribution in [-0.4, -0.2) is 17.0 Å². The molecule has 1 aliphatic carbocycles. The minimum Gasteiger partial charge on any atom is -0.481 e. The van der Waals surface area contributed by atoms with E-state index in [0.717, 1.165) is 12.1 Å². The molecule has 1 aromatic rings. The molecule has 0 radical (unpaired) electrons. The predicted octanol–water partition coefficient (Wildman–Crippen LogP) is 2.25. The maximum absolute atomic E-state index is 13.6. The Bertz CT molecular complexity index is 527. The molecule has 108 valence electrons. The van der Waals surface area contributed by atoms with Gasteiger partial charge in [-0.1, -0.05) is 6.07 Å². The molecule has 0 aromatic heterocycles. The lowest BCUT2D eigenvalue weighted by Crippen LogP contribution is -2.44. The van der Waals surface area contributed by atoms with Gasteiger partial charge in [0.05, 0.1) is 17.9 Å². The SMILES string of the molecule is CC(NC(=O)C1CCC1C(=O)O)c1c(F)cccc1F. The molecule has 0 heterocycles. The molecule has 1 amide bonds. The number of benzene rings is 1. The number of carboxylic acid groups (broad SMARTS) is 1. The Hall–Kier alpha value is -1.98. The number of carbonyl (C=O) groups excluding carboxylic acids is 1. The molecule has 1 fully saturated rings. The number of carbonyl (C=O) groups is 2. The van der Waals surface area contributed by atoms with E-state index >= 15 is 0 Å². The summed E-state index contributed by atoms with van der Waals surface area (Å²) in [4.78, 5) is 22.8. The van der Waals surface area contributed by atoms with Crippen molar-refractivity contribution in [2.24, 2.45) is 11.8 Å². The fourth-order valence-electron chi connectivity index (χ4n) is 2.43. The zero-order valence-electron chi connectivity index (χ0n) is 10.9. The van der Waals surface area contributed by atoms with Gasteiger partial charge in [0.1, 0.15) is 11.6 Å². The van der Waals surface area contributed by atoms with Crippen molar-refractivity contribution in [1.82, 2.24) is 5.32 Å². The average Bonchev–Trinajstić information content (AvgIpc) is 2.25. The maximum Gasteiger partial charge on any atom is 0.307 e. The van der Waals surface area contributed by atoms with Crippen LogP contribution in [0.4, 0.5) is 8.78 Å². The van der Waals surface area contributed by atoms with Gasteiger partial charge in [-0.05, 0) is 31.9 Å². The molecule has 6 heteroatoms. The van der Waals surface area contributed by atoms with E-state index in [1.165, 1.54) is 13.0 Å². The first-order valence-corrected chi connectivity index (χ1v) is 6.39. The van der Waals surface area contributed by atoms with Crippen LogP contribution in [0, 0.1) is 23.5 Å². The third-order valence-electron chi connectivity index (χ3n) is 3.72. The van der Waals surface area contributed by atoms with E-state index in [1.54, 1.807) is 0 Å². The number of halogens is 2. The van der Waals surface area contributed by atoms with Crippen molar-refractivity contribution < 1.29 is 23.5 Å². The van der Waals surface area contributed by atoms with Gasteiger partial charge in [0.15, 0.2) is 0 Å². The Morgan fingerprint density at radius 1 is 1.25 bits per heavy atom. The van der Waals surface area contributed by atoms with E-state index in [9.17, 15) is 18.4 Å². The van der Waals surface area contributed by atoms with E-state index in [2.05, 4.69) is 5.32 Å². The van der Waals surface area contributed by atoms with Crippen molar-refractivity contribution in [1.29, 1.82) is 0 Å². The Kier molecular flexibility index (Phi) is 4.01. The zero-order valence-corrected chi connectivity index (χ0v) is 10.9. The molecule has 0 bridgehead atoms. The van der Waals surface area contributed by atoms with Crippen LogP contribution < -0.4 is 5.32 Å². The van der Waals surface area contributed by atoms with Gasteiger partial charge < -0.3 is 10.4 Å². The Balaban J connectivity index is 2.06. The zero-order chi connectivity index (χ0) is 14.9. The van der Waals surface area contributed by atoms with Crippen molar-refractivity contribution in [3.8, 4) is 0 Å². The molecule has 0 spiro atoms. The van der Waals surface area contributed by atoms with Crippen molar-refractivity contribution in [2.75, 3.05) is 0 Å². The van der Waals surface area contributed by atoms with Crippen LogP contribution in [0.2, 0.25) is 0 Å². The molecule has 2 N–H and O–H groups in total. The highest BCUT2D eigenvalue weighted by Crippen LogP contribution is 2.35. The van der Waals surface area contributed by atoms with Gasteiger partial charge in [-0.2, -0.15) is 0 Å². The summed E-state index contributed by atoms with van der Waals surface area (Å²) in [5, 5.41) is 11.4. The van der Waals surface area contributed by atoms with Crippen LogP contribution in [0.1, 0.15) is 31.4 Å². The van der Waals surface area contributed by atoms with E-state index in [-0.39, 0.29) is 5.56 Å². The third-order valence-corrected chi connectivity index (χ3v) is 3.72. The number of hydrogen-bond acceptors (Lipinski definition) is 2. The van der Waals surface area contributed by atoms with Gasteiger partial charge in [-0.15, -0.1) is 0 Å². The minimum absolute atomic E-state index is 0.216. The molecular formula is C14H15F2NO3. The molecule has 0 saturated heterocycles. The van der Waals surface area contributed by atoms with Crippen LogP contribution >= 0.6 is 0 Å². The van der Waals surface area contributed by atoms with Gasteiger partial charge >= 0.3 is 5.97 Å². The summed E-state index contributed by atoms with van der Waals surface area (Å²) in [5.41, 5.74) is -0.216. The molecule has 0 aliphatic heterocycles. The minimum atomic E-state index is -1.01. The quantitative estimate of drug-likeness (QED) is 0.890. The second kappa shape index (κ2) is 5.56. The average molecular weight is 283 g/mol. The van der Waals surface area contributed by atoms with Gasteiger partial charge in [0.25, 0.3) is 0 Å². The molecular weight excluding hydrogens is 268 g/mol. The highest BCUT2D eigenvalue weighted by atomic mass is 19.1. The summed E-state index contributed by atoms with van der Waals surface area (Å²) in [5.74, 6) is -4.28. The Morgan fingerprint density at radius 2 is 1.80 bits per heavy atom. The highest BCUT2D eigenvalue weighted by molar-refractivity contribution is 5.86. The fraction of sp³-hybridized carbons (Fsp3) is 0.429. The predicted molar refractivity (Wildman–Crippen MR) is 66.8 cm³/mol. The molecule has 2 rings (SSSR count). The van der Waals surface area contributed by atoms with Crippen LogP contribution in [0.3, 0.4) is 0 Å². The molecule has 3 unspecified atom stereocenters. The normalized spacial score (nSPS) is 22.8. The summed E-state index contributed by atoms with van der Waals surface area (Å²) >= 11 is 0. The van der Waals surface area contributed by atoms with E-state index in [4.69, 9.17) is 5.11 Å². The van der Waals surface area contributed by atoms with Crippen molar-refractivity contribution in [2.45, 2.75) is 25.8 Å². The van der Waals surface area contributed by atoms with E-state index in [0.29, 0.717) is 12.8 Å². The summed E-state index contributed by atoms with van der Waals surface area (Å²) in [6, 6.07) is 2.63. The van der Waals surface area contributed by atoms with Gasteiger partial charge in [0.2, 0.25) is 5.91 Å². The number of aliphatic carboxylic acids is 1. The molecule has 1 aromatic carbocycles. The van der Waals surface area contributed by atoms with Crippen LogP contribution in [0.25, 0.3) is 0 Å². The fourth-order valence-corrected chi connectivity index (χ4v) is 2.43. The van der Waals surface area contributed by atoms with Gasteiger partial charge in [-0.25, -0.2) is 8.78 Å². The van der Waals surface area contributed by atoms with Crippen molar-refractivity contribution in [3.05, 3.63) is 35.4 Å². The number of rotatable bonds is 4. The lowest BCUT2D eigenvalue weighted by atomic mass is 9.73. The largest absolute Gasteiger partial charge is 0.481 e. The molecule has 3 atom stereocenters. The molecule has 4 nitrogen and oxygen atoms in total. The topological polar surface area (TPSA) is 66.4 Å². The van der Waals surface area contributed by atoms with Crippen LogP contribution in [0.5, 0.6) is 0 Å². The summed E-state index contributed by atoms with van der Waals surface area (Å²) < 4.78 is 27.1. The lowest BCUT2D eigenvalue weighted by Gasteiger charge is -2.33. The smallest absolute Gasteiger partial charge is 0.307 e. The molecule has 1 saturated carbocycles. The Labute approximate surface area is 114 Å². The van der Waals surface area contributed by atoms with Crippen molar-refractivity contribution >= 4 is 11.9 Å². The standard InChI is InChI=1S/C14H15F2NO3/c1-7(12-10(15)3-2-4-11(12)16)17-13(18)8-5-6-9(8)14(19)20/h2-4,7-9H,5-6H2,1H3,(H,17,18)(H,19,20). The summed E-state index contributed by atoms with van der Waals surface area (Å²) in [6.45, 7) is 1.47. The highest BCUT2D eigenvalue weighted by Gasteiger charge is 2.41. The summed E-state index contributed by atoms with van der Waals surface area (Å²) in [6.07, 6.45) is 0.936. The second-order valence-electron chi connectivity index (χ2n) is 4.99. The van der Waals surface area contributed by atoms with Gasteiger partial charge in [0, 0.05) is 5.56 Å². The number of hydrogen-bond donors (Lipinski definition) is 2. The second-order valence-corrected chi connectivity index (χ2v) is 4.99. The van der Waals surface area contributed by atoms with Crippen LogP contribution in [0.15, 0.2) is 18.2 Å². The molecule has 20 heavy (non-hydrogen) atoms. The van der Waals surface area contributed by atoms with E-state index in [1.807, 2.05) is 0 Å². The maximum atomic E-state index is 13.6. The number of amides is 1. The van der Waals surface area contributed by atoms with Crippen LogP contribution in [-0.2, 0) is 9.59 Å². The first kappa shape index (κ1) is 14.4. The summed E-state index contributed by atoms with van der Waals surface area (Å²) in [7, 11) is 0. The number of carboxylic acids is 1. The third kappa shape index (κ3) is 2.64. The first-order valence-electron chi connectivity index (χ1n) is 6.39. The Morgan fingerprint density at radius 3 is 2.25 bits per heavy atom. The lowest BCUT2D eigenvalue weighted by molar-refractivity contribution is -0.152. The number of nitrogens with one attached hydrogen (secondary N) is 1. The van der Waals surface area contributed by atoms with E-state index < -0.39 is 41.4 Å². The van der Waals surface area contributed by atoms with Gasteiger partial charge in [-0.3, -0.25) is 9.59 Å².